The Bertz CT molecular complexity index is 3200. The third-order valence-electron chi connectivity index (χ3n) is 13.8. The van der Waals surface area contributed by atoms with Gasteiger partial charge in [0, 0.05) is 5.92 Å². The van der Waals surface area contributed by atoms with Gasteiger partial charge in [-0.25, -0.2) is 38.5 Å². The van der Waals surface area contributed by atoms with Gasteiger partial charge in [0.25, 0.3) is 5.56 Å². The molecule has 0 bridgehead atoms. The Labute approximate surface area is 411 Å². The summed E-state index contributed by atoms with van der Waals surface area (Å²) in [6, 6.07) is 12.4. The third-order valence-corrected chi connectivity index (χ3v) is 15.1. The molecule has 0 aliphatic carbocycles. The molecule has 26 nitrogen and oxygen atoms in total. The van der Waals surface area contributed by atoms with Gasteiger partial charge in [-0.15, -0.1) is 23.5 Å². The van der Waals surface area contributed by atoms with Crippen LogP contribution in [0.2, 0.25) is 0 Å². The fraction of sp³-hybridized carbons (Fsp3) is 0.512. The number of H-pyrrole nitrogens is 1. The molecule has 6 aromatic rings. The number of hydrogen-bond donors (Lipinski definition) is 5. The zero-order chi connectivity index (χ0) is 51.9. The highest BCUT2D eigenvalue weighted by Crippen LogP contribution is 2.57. The number of aromatic nitrogens is 12. The van der Waals surface area contributed by atoms with Gasteiger partial charge in [-0.05, 0) is 39.7 Å². The Morgan fingerprint density at radius 1 is 0.620 bits per heavy atom. The first kappa shape index (κ1) is 51.7. The van der Waals surface area contributed by atoms with Crippen molar-refractivity contribution >= 4 is 40.5 Å². The van der Waals surface area contributed by atoms with E-state index in [0.717, 1.165) is 17.3 Å². The van der Waals surface area contributed by atoms with Crippen LogP contribution in [0.25, 0.3) is 16.9 Å². The number of aromatic amines is 1. The lowest BCUT2D eigenvalue weighted by Crippen LogP contribution is -2.45. The number of nitriles is 6. The van der Waals surface area contributed by atoms with Crippen molar-refractivity contribution in [3.05, 3.63) is 65.0 Å². The molecule has 0 aromatic carbocycles. The van der Waals surface area contributed by atoms with Crippen LogP contribution in [0.4, 0.5) is 0 Å². The van der Waals surface area contributed by atoms with Crippen molar-refractivity contribution in [2.45, 2.75) is 98.4 Å². The van der Waals surface area contributed by atoms with Gasteiger partial charge < -0.3 is 39.6 Å². The van der Waals surface area contributed by atoms with Crippen LogP contribution in [0.5, 0.6) is 0 Å². The molecular formula is C43H44N18O8S2. The predicted molar refractivity (Wildman–Crippen MR) is 242 cm³/mol. The lowest BCUT2D eigenvalue weighted by Gasteiger charge is -2.32. The maximum Gasteiger partial charge on any atom is 0.294 e. The first-order valence-electron chi connectivity index (χ1n) is 21.4. The van der Waals surface area contributed by atoms with E-state index in [9.17, 15) is 56.8 Å². The van der Waals surface area contributed by atoms with Crippen molar-refractivity contribution in [3.8, 4) is 36.4 Å². The number of hydrogen-bond acceptors (Lipinski definition) is 24. The molecule has 0 amide bonds. The topological polar surface area (TPSA) is 401 Å². The van der Waals surface area contributed by atoms with E-state index in [-0.39, 0.29) is 29.1 Å². The van der Waals surface area contributed by atoms with Crippen LogP contribution in [0, 0.1) is 90.1 Å². The molecule has 12 atom stereocenters. The minimum absolute atomic E-state index is 0.0279. The molecule has 0 saturated carbocycles. The predicted octanol–water partition coefficient (Wildman–Crippen LogP) is 0.805. The van der Waals surface area contributed by atoms with E-state index in [1.165, 1.54) is 66.9 Å². The second kappa shape index (κ2) is 19.2. The van der Waals surface area contributed by atoms with Crippen molar-refractivity contribution in [1.29, 1.82) is 31.6 Å². The first-order chi connectivity index (χ1) is 33.9. The van der Waals surface area contributed by atoms with Crippen molar-refractivity contribution in [2.75, 3.05) is 25.7 Å². The molecule has 366 valence electrons. The van der Waals surface area contributed by atoms with Gasteiger partial charge in [0.1, 0.15) is 105 Å². The lowest BCUT2D eigenvalue weighted by molar-refractivity contribution is -0.0585. The Balaban J connectivity index is 0.000000157. The summed E-state index contributed by atoms with van der Waals surface area (Å²) in [5.41, 5.74) is -8.46. The molecule has 71 heavy (non-hydrogen) atoms. The number of nitrogens with zero attached hydrogens (tertiary/aromatic N) is 17. The SMILES string of the molecule is CC[C@H]1O[C@@](C#N)(c2cnc3c(SC)ncnn23)[C@](C)(C#N)[C@@H]1C.CSc1ncnn2c([C@]3(C#N)O[C@H](CO)[C@@H](O)[C@@]3(C)C#N)cnc12.C[C@@]1(C#N)[C@H](O)[C@@H](CO)O[C@@]1(C#N)c1cnc2c(=O)[nH]cnn12. The molecule has 28 heteroatoms. The number of rotatable bonds is 8. The van der Waals surface area contributed by atoms with Crippen LogP contribution in [0.1, 0.15) is 58.1 Å². The number of ether oxygens (including phenoxy) is 3. The molecule has 3 aliphatic heterocycles. The molecule has 3 fully saturated rings. The average molecular weight is 1010 g/mol. The highest BCUT2D eigenvalue weighted by molar-refractivity contribution is 7.98. The number of thioether (sulfide) groups is 2. The molecule has 5 N–H and O–H groups in total. The smallest absolute Gasteiger partial charge is 0.294 e. The van der Waals surface area contributed by atoms with Crippen molar-refractivity contribution in [1.82, 2.24) is 58.7 Å². The molecule has 0 unspecified atom stereocenters. The zero-order valence-electron chi connectivity index (χ0n) is 38.9. The van der Waals surface area contributed by atoms with Crippen molar-refractivity contribution in [2.24, 2.45) is 22.2 Å². The Kier molecular flexibility index (Phi) is 14.0. The van der Waals surface area contributed by atoms with E-state index in [1.807, 2.05) is 50.6 Å². The fourth-order valence-electron chi connectivity index (χ4n) is 9.32. The average Bonchev–Trinajstić information content (AvgIpc) is 4.26. The quantitative estimate of drug-likeness (QED) is 0.132. The summed E-state index contributed by atoms with van der Waals surface area (Å²) >= 11 is 2.81. The largest absolute Gasteiger partial charge is 0.394 e. The summed E-state index contributed by atoms with van der Waals surface area (Å²) in [5.74, 6) is -0.0976. The summed E-state index contributed by atoms with van der Waals surface area (Å²) in [5, 5.41) is 112. The first-order valence-corrected chi connectivity index (χ1v) is 23.8. The molecule has 9 rings (SSSR count). The molecule has 0 spiro atoms. The Morgan fingerprint density at radius 3 is 1.37 bits per heavy atom. The van der Waals surface area contributed by atoms with Crippen LogP contribution >= 0.6 is 23.5 Å². The van der Waals surface area contributed by atoms with Crippen LogP contribution in [-0.4, -0.2) is 135 Å². The lowest BCUT2D eigenvalue weighted by atomic mass is 9.67. The van der Waals surface area contributed by atoms with Crippen LogP contribution in [0.3, 0.4) is 0 Å². The Hall–Kier alpha value is -7.19. The number of aliphatic hydroxyl groups is 4. The monoisotopic (exact) mass is 1000 g/mol. The summed E-state index contributed by atoms with van der Waals surface area (Å²) in [4.78, 5) is 34.9. The van der Waals surface area contributed by atoms with Crippen LogP contribution in [-0.2, 0) is 31.0 Å². The van der Waals surface area contributed by atoms with Gasteiger partial charge in [-0.3, -0.25) is 4.79 Å². The second-order valence-electron chi connectivity index (χ2n) is 17.0. The highest BCUT2D eigenvalue weighted by atomic mass is 32.2. The fourth-order valence-corrected chi connectivity index (χ4v) is 10.3. The molecular weight excluding hydrogens is 961 g/mol. The molecule has 0 radical (unpaired) electrons. The van der Waals surface area contributed by atoms with Crippen LogP contribution in [0.15, 0.2) is 52.4 Å². The van der Waals surface area contributed by atoms with Gasteiger partial charge in [-0.1, -0.05) is 13.8 Å². The second-order valence-corrected chi connectivity index (χ2v) is 18.6. The summed E-state index contributed by atoms with van der Waals surface area (Å²) in [6.45, 7) is 7.41. The normalized spacial score (nSPS) is 32.9. The minimum Gasteiger partial charge on any atom is -0.394 e. The van der Waals surface area contributed by atoms with E-state index in [0.29, 0.717) is 27.0 Å². The number of fused-ring (bicyclic) bond motifs is 3. The maximum absolute atomic E-state index is 11.8. The van der Waals surface area contributed by atoms with Crippen molar-refractivity contribution in [3.63, 3.8) is 0 Å². The van der Waals surface area contributed by atoms with Crippen molar-refractivity contribution < 1.29 is 34.6 Å². The van der Waals surface area contributed by atoms with Gasteiger partial charge in [-0.2, -0.15) is 46.9 Å². The van der Waals surface area contributed by atoms with E-state index < -0.39 is 76.2 Å². The molecule has 6 aromatic heterocycles. The molecule has 9 heterocycles. The van der Waals surface area contributed by atoms with E-state index >= 15 is 0 Å². The van der Waals surface area contributed by atoms with Gasteiger partial charge in [0.15, 0.2) is 11.3 Å². The number of nitrogens with one attached hydrogen (secondary N) is 1. The minimum atomic E-state index is -1.95. The van der Waals surface area contributed by atoms with E-state index in [1.54, 1.807) is 17.6 Å². The zero-order valence-corrected chi connectivity index (χ0v) is 40.5. The standard InChI is InChI=1S/C16H18N6OS.C14H14N6O3S.C13H12N6O4/c1-5-11-10(2)15(3,7-17)16(8-18,23-11)12-6-19-13-14(24-4)20-9-21-22(12)13;1-13(5-15)10(22)8(4-21)23-14(13,6-16)9-3-17-11-12(24-2)18-7-19-20(9)11;1-12(4-14)9(21)7(3-20)23-13(12,5-15)8-2-16-10-11(22)17-6-18-19(8)10/h6,9-11H,5H2,1-4H3;3,7-8,10,21-22H,4H2,1-2H3;2,6-7,9,20-21H,3H2,1H3,(H,17,18,22)/t10-,11-,15-,16+;8-,10-,13-,14+;7-,9-,12-,13+/m111/s1. The van der Waals surface area contributed by atoms with Crippen LogP contribution < -0.4 is 5.56 Å². The Morgan fingerprint density at radius 2 is 1.00 bits per heavy atom. The van der Waals surface area contributed by atoms with E-state index in [2.05, 4.69) is 57.3 Å². The maximum atomic E-state index is 11.8. The van der Waals surface area contributed by atoms with E-state index in [4.69, 9.17) is 14.2 Å². The summed E-state index contributed by atoms with van der Waals surface area (Å²) < 4.78 is 21.5. The van der Waals surface area contributed by atoms with Gasteiger partial charge in [0.05, 0.1) is 56.1 Å². The summed E-state index contributed by atoms with van der Waals surface area (Å²) in [6.07, 6.45) is 7.33. The third kappa shape index (κ3) is 7.18. The summed E-state index contributed by atoms with van der Waals surface area (Å²) in [7, 11) is 0. The number of imidazole rings is 3. The van der Waals surface area contributed by atoms with Gasteiger partial charge in [0.2, 0.25) is 22.5 Å². The molecule has 3 aliphatic rings. The molecule has 3 saturated heterocycles. The van der Waals surface area contributed by atoms with Gasteiger partial charge >= 0.3 is 0 Å². The number of aliphatic hydroxyl groups excluding tert-OH is 4. The highest BCUT2D eigenvalue weighted by Gasteiger charge is 2.68.